The fourth-order valence-electron chi connectivity index (χ4n) is 5.51. The summed E-state index contributed by atoms with van der Waals surface area (Å²) in [5.74, 6) is 0.557. The molecule has 0 aromatic heterocycles. The van der Waals surface area contributed by atoms with Crippen LogP contribution in [-0.2, 0) is 30.4 Å². The second kappa shape index (κ2) is 13.2. The Bertz CT molecular complexity index is 1450. The lowest BCUT2D eigenvalue weighted by molar-refractivity contribution is -0.155. The number of oxime groups is 1. The fraction of sp³-hybridized carbons (Fsp3) is 0.467. The third kappa shape index (κ3) is 6.69. The lowest BCUT2D eigenvalue weighted by Gasteiger charge is -2.41. The van der Waals surface area contributed by atoms with Crippen LogP contribution >= 0.6 is 0 Å². The summed E-state index contributed by atoms with van der Waals surface area (Å²) >= 11 is 0. The molecule has 0 bridgehead atoms. The average molecular weight is 631 g/mol. The Labute approximate surface area is 257 Å². The van der Waals surface area contributed by atoms with E-state index in [1.807, 2.05) is 6.07 Å². The van der Waals surface area contributed by atoms with Gasteiger partial charge in [0.25, 0.3) is 0 Å². The lowest BCUT2D eigenvalue weighted by Crippen LogP contribution is -2.67. The van der Waals surface area contributed by atoms with Crippen molar-refractivity contribution in [2.24, 2.45) is 5.16 Å². The van der Waals surface area contributed by atoms with Crippen LogP contribution in [0.15, 0.2) is 47.1 Å². The van der Waals surface area contributed by atoms with Gasteiger partial charge in [-0.3, -0.25) is 4.79 Å². The smallest absolute Gasteiger partial charge is 0.247 e. The molecule has 3 heterocycles. The molecule has 9 atom stereocenters. The number of hydrogen-bond donors (Lipinski definition) is 6. The third-order valence-corrected chi connectivity index (χ3v) is 7.96. The second-order valence-electron chi connectivity index (χ2n) is 11.1. The predicted octanol–water partition coefficient (Wildman–Crippen LogP) is -0.0959. The monoisotopic (exact) mass is 630 g/mol. The number of carbonyl (C=O) groups is 1. The normalized spacial score (nSPS) is 32.5. The molecule has 6 N–H and O–H groups in total. The van der Waals surface area contributed by atoms with Crippen LogP contribution in [0.1, 0.15) is 24.5 Å². The standard InChI is InChI=1S/C30H34N2O13/c1-14(30(38)32-24-25(35)27(37)29-28(26(24)36)41-13-42-29)6-15-2-4-19(17(33)7-15)44-23-9-18(34)22(45-23)10-31-43-11-16-3-5-20-21(8-16)40-12-39-20/h2-8,10,18,22-29,33-37H,9,11-13H2,1H3,(H,32,38)/b14-6+,31-10+/t18-,22+,23+,24+,25?,26+,27?,28-,29?/m0/s1. The van der Waals surface area contributed by atoms with Crippen molar-refractivity contribution in [3.63, 3.8) is 0 Å². The molecule has 2 aromatic rings. The number of rotatable bonds is 9. The molecule has 0 spiro atoms. The van der Waals surface area contributed by atoms with E-state index in [9.17, 15) is 30.3 Å². The molecule has 0 radical (unpaired) electrons. The minimum absolute atomic E-state index is 0.0962. The van der Waals surface area contributed by atoms with Crippen LogP contribution in [0.25, 0.3) is 6.08 Å². The van der Waals surface area contributed by atoms with Crippen LogP contribution in [0.3, 0.4) is 0 Å². The fourth-order valence-corrected chi connectivity index (χ4v) is 5.51. The number of aromatic hydroxyl groups is 1. The maximum Gasteiger partial charge on any atom is 0.247 e. The number of benzene rings is 2. The van der Waals surface area contributed by atoms with Crippen LogP contribution in [0.5, 0.6) is 23.0 Å². The van der Waals surface area contributed by atoms with E-state index in [2.05, 4.69) is 10.5 Å². The average Bonchev–Trinajstić information content (AvgIpc) is 3.78. The molecule has 2 saturated heterocycles. The molecule has 15 nitrogen and oxygen atoms in total. The largest absolute Gasteiger partial charge is 0.504 e. The summed E-state index contributed by atoms with van der Waals surface area (Å²) in [7, 11) is 0. The van der Waals surface area contributed by atoms with Crippen LogP contribution in [0.4, 0.5) is 0 Å². The van der Waals surface area contributed by atoms with Crippen molar-refractivity contribution < 1.29 is 63.6 Å². The van der Waals surface area contributed by atoms with Crippen molar-refractivity contribution in [1.29, 1.82) is 0 Å². The van der Waals surface area contributed by atoms with E-state index >= 15 is 0 Å². The number of aliphatic hydroxyl groups excluding tert-OH is 4. The van der Waals surface area contributed by atoms with Crippen LogP contribution in [0, 0.1) is 0 Å². The molecule has 15 heteroatoms. The second-order valence-corrected chi connectivity index (χ2v) is 11.1. The zero-order valence-electron chi connectivity index (χ0n) is 24.1. The van der Waals surface area contributed by atoms with Gasteiger partial charge in [0.2, 0.25) is 19.0 Å². The molecule has 1 saturated carbocycles. The van der Waals surface area contributed by atoms with E-state index in [1.54, 1.807) is 18.2 Å². The predicted molar refractivity (Wildman–Crippen MR) is 152 cm³/mol. The van der Waals surface area contributed by atoms with Crippen molar-refractivity contribution in [2.45, 2.75) is 75.0 Å². The summed E-state index contributed by atoms with van der Waals surface area (Å²) in [5, 5.41) is 58.7. The van der Waals surface area contributed by atoms with Gasteiger partial charge in [0, 0.05) is 12.0 Å². The van der Waals surface area contributed by atoms with E-state index < -0.39 is 61.0 Å². The molecule has 4 aliphatic rings. The molecule has 3 unspecified atom stereocenters. The van der Waals surface area contributed by atoms with Crippen LogP contribution in [0.2, 0.25) is 0 Å². The molecule has 6 rings (SSSR count). The van der Waals surface area contributed by atoms with Gasteiger partial charge in [-0.1, -0.05) is 17.3 Å². The number of aliphatic hydroxyl groups is 4. The molecule has 3 aliphatic heterocycles. The highest BCUT2D eigenvalue weighted by molar-refractivity contribution is 5.97. The van der Waals surface area contributed by atoms with Gasteiger partial charge in [-0.05, 0) is 48.4 Å². The number of amides is 1. The topological polar surface area (TPSA) is 207 Å². The number of ether oxygens (including phenoxy) is 6. The quantitative estimate of drug-likeness (QED) is 0.122. The highest BCUT2D eigenvalue weighted by Crippen LogP contribution is 2.34. The Morgan fingerprint density at radius 3 is 2.58 bits per heavy atom. The van der Waals surface area contributed by atoms with Crippen molar-refractivity contribution >= 4 is 18.2 Å². The first-order valence-corrected chi connectivity index (χ1v) is 14.3. The van der Waals surface area contributed by atoms with Gasteiger partial charge in [-0.25, -0.2) is 0 Å². The van der Waals surface area contributed by atoms with E-state index in [4.69, 9.17) is 33.3 Å². The van der Waals surface area contributed by atoms with Gasteiger partial charge >= 0.3 is 0 Å². The zero-order chi connectivity index (χ0) is 31.7. The van der Waals surface area contributed by atoms with E-state index in [0.29, 0.717) is 17.1 Å². The highest BCUT2D eigenvalue weighted by Gasteiger charge is 2.53. The van der Waals surface area contributed by atoms with Gasteiger partial charge in [0.15, 0.2) is 23.0 Å². The maximum atomic E-state index is 12.8. The highest BCUT2D eigenvalue weighted by atomic mass is 16.7. The molecule has 45 heavy (non-hydrogen) atoms. The van der Waals surface area contributed by atoms with Gasteiger partial charge in [0.1, 0.15) is 50.0 Å². The third-order valence-electron chi connectivity index (χ3n) is 7.96. The first kappa shape index (κ1) is 31.0. The summed E-state index contributed by atoms with van der Waals surface area (Å²) in [6.45, 7) is 1.72. The number of carbonyl (C=O) groups excluding carboxylic acids is 1. The van der Waals surface area contributed by atoms with Crippen LogP contribution < -0.4 is 19.5 Å². The minimum Gasteiger partial charge on any atom is -0.504 e. The lowest BCUT2D eigenvalue weighted by atomic mass is 9.83. The summed E-state index contributed by atoms with van der Waals surface area (Å²) in [6, 6.07) is 8.67. The summed E-state index contributed by atoms with van der Waals surface area (Å²) in [5.41, 5.74) is 1.49. The summed E-state index contributed by atoms with van der Waals surface area (Å²) in [6.07, 6.45) is -5.56. The Morgan fingerprint density at radius 1 is 1.00 bits per heavy atom. The molecule has 1 amide bonds. The van der Waals surface area contributed by atoms with Gasteiger partial charge in [-0.2, -0.15) is 0 Å². The van der Waals surface area contributed by atoms with E-state index in [-0.39, 0.29) is 43.7 Å². The van der Waals surface area contributed by atoms with Gasteiger partial charge in [-0.15, -0.1) is 0 Å². The van der Waals surface area contributed by atoms with Crippen molar-refractivity contribution in [2.75, 3.05) is 13.6 Å². The first-order chi connectivity index (χ1) is 21.7. The van der Waals surface area contributed by atoms with E-state index in [0.717, 1.165) is 5.56 Å². The number of nitrogens with zero attached hydrogens (tertiary/aromatic N) is 1. The first-order valence-electron chi connectivity index (χ1n) is 14.3. The summed E-state index contributed by atoms with van der Waals surface area (Å²) < 4.78 is 32.6. The molecule has 3 fully saturated rings. The van der Waals surface area contributed by atoms with Crippen LogP contribution in [-0.4, -0.2) is 106 Å². The number of hydrogen-bond acceptors (Lipinski definition) is 14. The Balaban J connectivity index is 0.999. The van der Waals surface area contributed by atoms with E-state index in [1.165, 1.54) is 31.3 Å². The van der Waals surface area contributed by atoms with Crippen molar-refractivity contribution in [3.8, 4) is 23.0 Å². The molecule has 1 aliphatic carbocycles. The Hall–Kier alpha value is -3.96. The summed E-state index contributed by atoms with van der Waals surface area (Å²) in [4.78, 5) is 18.2. The zero-order valence-corrected chi connectivity index (χ0v) is 24.1. The molecular weight excluding hydrogens is 596 g/mol. The van der Waals surface area contributed by atoms with Crippen molar-refractivity contribution in [3.05, 3.63) is 53.1 Å². The molecular formula is C30H34N2O13. The number of phenols is 1. The van der Waals surface area contributed by atoms with Crippen molar-refractivity contribution in [1.82, 2.24) is 5.32 Å². The molecule has 242 valence electrons. The number of phenolic OH excluding ortho intramolecular Hbond substituents is 1. The SMILES string of the molecule is C/C(=C\c1ccc(O[C@H]2C[C@H](O)[C@@H](/C=N/OCc3ccc4c(c3)OCO4)O2)c(O)c1)C(=O)N[C@@H]1C(O)C(O)C2OCO[C@H]2[C@@H]1O. The molecule has 2 aromatic carbocycles. The Kier molecular flexibility index (Phi) is 9.09. The Morgan fingerprint density at radius 2 is 1.78 bits per heavy atom. The minimum atomic E-state index is -1.48. The number of nitrogens with one attached hydrogen (secondary N) is 1. The maximum absolute atomic E-state index is 12.8. The number of fused-ring (bicyclic) bond motifs is 2. The van der Waals surface area contributed by atoms with Gasteiger partial charge < -0.3 is 64.1 Å². The van der Waals surface area contributed by atoms with Gasteiger partial charge in [0.05, 0.1) is 18.4 Å².